The maximum absolute atomic E-state index is 14.0. The number of ether oxygens (including phenoxy) is 1. The van der Waals surface area contributed by atoms with Crippen molar-refractivity contribution in [3.8, 4) is 5.75 Å². The van der Waals surface area contributed by atoms with Crippen molar-refractivity contribution in [1.82, 2.24) is 20.1 Å². The van der Waals surface area contributed by atoms with Crippen LogP contribution in [0.15, 0.2) is 30.9 Å². The second-order valence-electron chi connectivity index (χ2n) is 5.43. The lowest BCUT2D eigenvalue weighted by Crippen LogP contribution is -2.38. The number of aromatic nitrogens is 3. The van der Waals surface area contributed by atoms with Crippen molar-refractivity contribution in [2.75, 3.05) is 5.32 Å². The molecular formula is C15H20FN5O2. The van der Waals surface area contributed by atoms with Gasteiger partial charge in [0.1, 0.15) is 24.2 Å². The lowest BCUT2D eigenvalue weighted by molar-refractivity contribution is 0.241. The van der Waals surface area contributed by atoms with Gasteiger partial charge in [0.25, 0.3) is 0 Å². The van der Waals surface area contributed by atoms with Crippen molar-refractivity contribution in [3.05, 3.63) is 36.7 Å². The maximum Gasteiger partial charge on any atom is 0.319 e. The van der Waals surface area contributed by atoms with Crippen molar-refractivity contribution < 1.29 is 13.9 Å². The zero-order valence-electron chi connectivity index (χ0n) is 13.3. The van der Waals surface area contributed by atoms with E-state index >= 15 is 0 Å². The average Bonchev–Trinajstić information content (AvgIpc) is 2.93. The number of hydrogen-bond acceptors (Lipinski definition) is 4. The van der Waals surface area contributed by atoms with E-state index in [4.69, 9.17) is 4.74 Å². The van der Waals surface area contributed by atoms with Gasteiger partial charge < -0.3 is 15.4 Å². The lowest BCUT2D eigenvalue weighted by Gasteiger charge is -2.15. The number of halogens is 1. The van der Waals surface area contributed by atoms with Crippen molar-refractivity contribution in [3.63, 3.8) is 0 Å². The number of carbonyl (C=O) groups is 1. The van der Waals surface area contributed by atoms with Gasteiger partial charge in [-0.25, -0.2) is 14.2 Å². The highest BCUT2D eigenvalue weighted by molar-refractivity contribution is 5.89. The summed E-state index contributed by atoms with van der Waals surface area (Å²) in [4.78, 5) is 15.7. The molecule has 0 bridgehead atoms. The molecular weight excluding hydrogens is 301 g/mol. The topological polar surface area (TPSA) is 81.1 Å². The van der Waals surface area contributed by atoms with E-state index in [0.717, 1.165) is 0 Å². The van der Waals surface area contributed by atoms with E-state index in [-0.39, 0.29) is 17.8 Å². The second-order valence-corrected chi connectivity index (χ2v) is 5.43. The summed E-state index contributed by atoms with van der Waals surface area (Å²) in [5.41, 5.74) is 0.0894. The Bertz CT molecular complexity index is 645. The molecule has 1 aromatic heterocycles. The quantitative estimate of drug-likeness (QED) is 0.856. The Morgan fingerprint density at radius 3 is 2.78 bits per heavy atom. The molecule has 1 atom stereocenters. The van der Waals surface area contributed by atoms with Gasteiger partial charge in [0.05, 0.1) is 18.3 Å². The van der Waals surface area contributed by atoms with E-state index in [1.54, 1.807) is 17.1 Å². The van der Waals surface area contributed by atoms with E-state index in [0.29, 0.717) is 12.3 Å². The Balaban J connectivity index is 1.89. The van der Waals surface area contributed by atoms with Crippen molar-refractivity contribution in [2.45, 2.75) is 39.5 Å². The minimum Gasteiger partial charge on any atom is -0.491 e. The zero-order chi connectivity index (χ0) is 16.8. The molecule has 0 spiro atoms. The Morgan fingerprint density at radius 1 is 1.39 bits per heavy atom. The number of nitrogens with one attached hydrogen (secondary N) is 2. The summed E-state index contributed by atoms with van der Waals surface area (Å²) in [6, 6.07) is 3.64. The predicted octanol–water partition coefficient (Wildman–Crippen LogP) is 2.41. The Morgan fingerprint density at radius 2 is 2.17 bits per heavy atom. The molecule has 1 aromatic carbocycles. The summed E-state index contributed by atoms with van der Waals surface area (Å²) < 4.78 is 21.0. The molecule has 0 aliphatic heterocycles. The number of carbonyl (C=O) groups excluding carboxylic acids is 1. The molecule has 0 saturated carbocycles. The second kappa shape index (κ2) is 7.57. The third kappa shape index (κ3) is 5.24. The van der Waals surface area contributed by atoms with Crippen LogP contribution in [0.5, 0.6) is 5.75 Å². The van der Waals surface area contributed by atoms with E-state index in [1.165, 1.54) is 18.5 Å². The first-order valence-electron chi connectivity index (χ1n) is 7.30. The normalized spacial score (nSPS) is 12.0. The minimum atomic E-state index is -0.553. The lowest BCUT2D eigenvalue weighted by atomic mass is 10.3. The summed E-state index contributed by atoms with van der Waals surface area (Å²) in [5.74, 6) is -0.134. The molecule has 2 N–H and O–H groups in total. The van der Waals surface area contributed by atoms with Crippen molar-refractivity contribution in [2.24, 2.45) is 0 Å². The molecule has 2 rings (SSSR count). The largest absolute Gasteiger partial charge is 0.491 e. The monoisotopic (exact) mass is 321 g/mol. The first-order valence-corrected chi connectivity index (χ1v) is 7.30. The number of hydrogen-bond donors (Lipinski definition) is 2. The minimum absolute atomic E-state index is 0.0471. The van der Waals surface area contributed by atoms with Crippen LogP contribution in [0.3, 0.4) is 0 Å². The fourth-order valence-corrected chi connectivity index (χ4v) is 1.98. The van der Waals surface area contributed by atoms with Gasteiger partial charge >= 0.3 is 6.03 Å². The van der Waals surface area contributed by atoms with E-state index in [2.05, 4.69) is 20.7 Å². The summed E-state index contributed by atoms with van der Waals surface area (Å²) in [7, 11) is 0. The fraction of sp³-hybridized carbons (Fsp3) is 0.400. The number of amides is 2. The predicted molar refractivity (Wildman–Crippen MR) is 83.8 cm³/mol. The summed E-state index contributed by atoms with van der Waals surface area (Å²) in [6.45, 7) is 6.00. The molecule has 2 amide bonds. The molecule has 0 radical (unpaired) electrons. The van der Waals surface area contributed by atoms with Gasteiger partial charge in [-0.05, 0) is 32.9 Å². The highest BCUT2D eigenvalue weighted by Crippen LogP contribution is 2.21. The number of benzene rings is 1. The smallest absolute Gasteiger partial charge is 0.319 e. The Kier molecular flexibility index (Phi) is 5.51. The summed E-state index contributed by atoms with van der Waals surface area (Å²) in [6.07, 6.45) is 2.93. The molecule has 1 heterocycles. The molecule has 0 aliphatic carbocycles. The van der Waals surface area contributed by atoms with Crippen LogP contribution in [0.25, 0.3) is 0 Å². The van der Waals surface area contributed by atoms with E-state index < -0.39 is 11.8 Å². The first-order chi connectivity index (χ1) is 10.9. The van der Waals surface area contributed by atoms with Gasteiger partial charge in [-0.15, -0.1) is 0 Å². The van der Waals surface area contributed by atoms with Gasteiger partial charge in [0, 0.05) is 12.1 Å². The third-order valence-corrected chi connectivity index (χ3v) is 2.87. The third-order valence-electron chi connectivity index (χ3n) is 2.87. The van der Waals surface area contributed by atoms with Gasteiger partial charge in [0.15, 0.2) is 0 Å². The van der Waals surface area contributed by atoms with Gasteiger partial charge in [-0.2, -0.15) is 5.10 Å². The van der Waals surface area contributed by atoms with Crippen LogP contribution in [0.4, 0.5) is 14.9 Å². The van der Waals surface area contributed by atoms with E-state index in [9.17, 15) is 9.18 Å². The fourth-order valence-electron chi connectivity index (χ4n) is 1.98. The molecule has 7 nitrogen and oxygen atoms in total. The van der Waals surface area contributed by atoms with Gasteiger partial charge in [0.2, 0.25) is 0 Å². The summed E-state index contributed by atoms with van der Waals surface area (Å²) >= 11 is 0. The maximum atomic E-state index is 14.0. The number of rotatable bonds is 6. The number of urea groups is 1. The molecule has 2 aromatic rings. The Labute approximate surface area is 133 Å². The van der Waals surface area contributed by atoms with Gasteiger partial charge in [-0.1, -0.05) is 0 Å². The Hall–Kier alpha value is -2.64. The number of nitrogens with zero attached hydrogens (tertiary/aromatic N) is 3. The van der Waals surface area contributed by atoms with Crippen LogP contribution in [0.2, 0.25) is 0 Å². The molecule has 124 valence electrons. The number of anilines is 1. The summed E-state index contributed by atoms with van der Waals surface area (Å²) in [5, 5.41) is 9.13. The first kappa shape index (κ1) is 16.7. The molecule has 0 aliphatic rings. The highest BCUT2D eigenvalue weighted by Gasteiger charge is 2.12. The molecule has 0 saturated heterocycles. The zero-order valence-corrected chi connectivity index (χ0v) is 13.3. The average molecular weight is 321 g/mol. The van der Waals surface area contributed by atoms with Crippen LogP contribution >= 0.6 is 0 Å². The van der Waals surface area contributed by atoms with Crippen molar-refractivity contribution in [1.29, 1.82) is 0 Å². The molecule has 0 unspecified atom stereocenters. The van der Waals surface area contributed by atoms with Crippen LogP contribution in [0, 0.1) is 5.82 Å². The standard InChI is InChI=1S/C15H20FN5O2/c1-10(2)23-12-4-5-14(13(16)6-12)20-15(22)19-11(3)7-21-9-17-8-18-21/h4-6,8-11H,7H2,1-3H3,(H2,19,20,22)/t11-/m1/s1. The van der Waals surface area contributed by atoms with Crippen LogP contribution < -0.4 is 15.4 Å². The van der Waals surface area contributed by atoms with Crippen LogP contribution in [-0.2, 0) is 6.54 Å². The molecule has 23 heavy (non-hydrogen) atoms. The highest BCUT2D eigenvalue weighted by atomic mass is 19.1. The van der Waals surface area contributed by atoms with Crippen LogP contribution in [-0.4, -0.2) is 32.9 Å². The molecule has 8 heteroatoms. The SMILES string of the molecule is CC(C)Oc1ccc(NC(=O)N[C@H](C)Cn2cncn2)c(F)c1. The van der Waals surface area contributed by atoms with Crippen LogP contribution in [0.1, 0.15) is 20.8 Å². The van der Waals surface area contributed by atoms with Crippen molar-refractivity contribution >= 4 is 11.7 Å². The van der Waals surface area contributed by atoms with E-state index in [1.807, 2.05) is 20.8 Å². The molecule has 0 fully saturated rings. The van der Waals surface area contributed by atoms with Gasteiger partial charge in [-0.3, -0.25) is 4.68 Å².